The standard InChI is InChI=1S/C13H19N3O4/c1-2-20-5-3-4-12(17)16-7-10-9(14-8-15-10)6-11(16)13(18)19/h8,11H,2-7H2,1H3,(H,14,15)(H,18,19). The molecule has 7 heteroatoms. The number of carboxylic acid groups (broad SMARTS) is 1. The number of fused-ring (bicyclic) bond motifs is 1. The van der Waals surface area contributed by atoms with Gasteiger partial charge in [-0.05, 0) is 13.3 Å². The van der Waals surface area contributed by atoms with Crippen LogP contribution in [-0.4, -0.2) is 51.1 Å². The first-order valence-electron chi connectivity index (χ1n) is 6.74. The number of ether oxygens (including phenoxy) is 1. The molecule has 0 radical (unpaired) electrons. The first kappa shape index (κ1) is 14.5. The number of nitrogens with zero attached hydrogens (tertiary/aromatic N) is 2. The molecule has 7 nitrogen and oxygen atoms in total. The Bertz CT molecular complexity index is 486. The molecular formula is C13H19N3O4. The second-order valence-corrected chi connectivity index (χ2v) is 4.71. The molecule has 2 N–H and O–H groups in total. The zero-order chi connectivity index (χ0) is 14.5. The fraction of sp³-hybridized carbons (Fsp3) is 0.615. The molecule has 20 heavy (non-hydrogen) atoms. The van der Waals surface area contributed by atoms with E-state index in [1.807, 2.05) is 6.92 Å². The van der Waals surface area contributed by atoms with Gasteiger partial charge in [0.1, 0.15) is 6.04 Å². The number of carboxylic acids is 1. The van der Waals surface area contributed by atoms with Crippen LogP contribution in [-0.2, 0) is 27.3 Å². The van der Waals surface area contributed by atoms with Crippen molar-refractivity contribution in [3.63, 3.8) is 0 Å². The number of carbonyl (C=O) groups excluding carboxylic acids is 1. The zero-order valence-corrected chi connectivity index (χ0v) is 11.5. The van der Waals surface area contributed by atoms with E-state index in [0.717, 1.165) is 11.4 Å². The minimum Gasteiger partial charge on any atom is -0.480 e. The summed E-state index contributed by atoms with van der Waals surface area (Å²) in [6.07, 6.45) is 2.69. The Balaban J connectivity index is 2.01. The van der Waals surface area contributed by atoms with Gasteiger partial charge in [-0.3, -0.25) is 4.79 Å². The summed E-state index contributed by atoms with van der Waals surface area (Å²) in [7, 11) is 0. The Morgan fingerprint density at radius 2 is 2.40 bits per heavy atom. The van der Waals surface area contributed by atoms with Crippen LogP contribution in [0.25, 0.3) is 0 Å². The van der Waals surface area contributed by atoms with Gasteiger partial charge in [-0.1, -0.05) is 0 Å². The number of rotatable bonds is 6. The minimum absolute atomic E-state index is 0.155. The molecule has 1 atom stereocenters. The molecule has 1 aliphatic heterocycles. The Morgan fingerprint density at radius 3 is 3.10 bits per heavy atom. The molecule has 0 saturated carbocycles. The van der Waals surface area contributed by atoms with Gasteiger partial charge in [-0.2, -0.15) is 0 Å². The van der Waals surface area contributed by atoms with Gasteiger partial charge in [-0.25, -0.2) is 9.78 Å². The number of aromatic nitrogens is 2. The summed E-state index contributed by atoms with van der Waals surface area (Å²) in [5.41, 5.74) is 1.55. The van der Waals surface area contributed by atoms with Crippen molar-refractivity contribution in [1.29, 1.82) is 0 Å². The molecule has 0 spiro atoms. The molecule has 1 aromatic rings. The highest BCUT2D eigenvalue weighted by atomic mass is 16.5. The first-order valence-corrected chi connectivity index (χ1v) is 6.74. The van der Waals surface area contributed by atoms with Crippen LogP contribution in [0.15, 0.2) is 6.33 Å². The monoisotopic (exact) mass is 281 g/mol. The summed E-state index contributed by atoms with van der Waals surface area (Å²) < 4.78 is 5.19. The van der Waals surface area contributed by atoms with Crippen LogP contribution >= 0.6 is 0 Å². The van der Waals surface area contributed by atoms with E-state index in [0.29, 0.717) is 26.1 Å². The van der Waals surface area contributed by atoms with E-state index in [9.17, 15) is 14.7 Å². The molecule has 0 saturated heterocycles. The van der Waals surface area contributed by atoms with E-state index in [4.69, 9.17) is 4.74 Å². The quantitative estimate of drug-likeness (QED) is 0.743. The van der Waals surface area contributed by atoms with Gasteiger partial charge in [-0.15, -0.1) is 0 Å². The van der Waals surface area contributed by atoms with Crippen LogP contribution in [0.1, 0.15) is 31.2 Å². The Hall–Kier alpha value is -1.89. The average molecular weight is 281 g/mol. The third kappa shape index (κ3) is 3.16. The van der Waals surface area contributed by atoms with E-state index >= 15 is 0 Å². The SMILES string of the molecule is CCOCCCC(=O)N1Cc2[nH]cnc2CC1C(=O)O. The molecule has 2 rings (SSSR count). The summed E-state index contributed by atoms with van der Waals surface area (Å²) in [4.78, 5) is 32.0. The third-order valence-electron chi connectivity index (χ3n) is 3.39. The van der Waals surface area contributed by atoms with E-state index in [1.54, 1.807) is 0 Å². The third-order valence-corrected chi connectivity index (χ3v) is 3.39. The number of aromatic amines is 1. The number of amides is 1. The van der Waals surface area contributed by atoms with Crippen molar-refractivity contribution in [3.8, 4) is 0 Å². The van der Waals surface area contributed by atoms with Gasteiger partial charge in [0.05, 0.1) is 24.3 Å². The topological polar surface area (TPSA) is 95.5 Å². The largest absolute Gasteiger partial charge is 0.480 e. The lowest BCUT2D eigenvalue weighted by atomic mass is 10.0. The van der Waals surface area contributed by atoms with Gasteiger partial charge in [0, 0.05) is 26.1 Å². The van der Waals surface area contributed by atoms with E-state index in [1.165, 1.54) is 11.2 Å². The molecule has 1 aromatic heterocycles. The summed E-state index contributed by atoms with van der Waals surface area (Å²) in [5.74, 6) is -1.14. The van der Waals surface area contributed by atoms with E-state index in [-0.39, 0.29) is 18.9 Å². The molecule has 2 heterocycles. The lowest BCUT2D eigenvalue weighted by Gasteiger charge is -2.32. The lowest BCUT2D eigenvalue weighted by molar-refractivity contribution is -0.151. The highest BCUT2D eigenvalue weighted by molar-refractivity contribution is 5.84. The number of nitrogens with one attached hydrogen (secondary N) is 1. The van der Waals surface area contributed by atoms with Crippen molar-refractivity contribution in [2.75, 3.05) is 13.2 Å². The van der Waals surface area contributed by atoms with Crippen molar-refractivity contribution in [2.24, 2.45) is 0 Å². The second-order valence-electron chi connectivity index (χ2n) is 4.71. The van der Waals surface area contributed by atoms with Crippen molar-refractivity contribution in [1.82, 2.24) is 14.9 Å². The Morgan fingerprint density at radius 1 is 1.60 bits per heavy atom. The van der Waals surface area contributed by atoms with Crippen LogP contribution in [0.5, 0.6) is 0 Å². The predicted octanol–water partition coefficient (Wildman–Crippen LogP) is 0.564. The van der Waals surface area contributed by atoms with Gasteiger partial charge in [0.2, 0.25) is 5.91 Å². The highest BCUT2D eigenvalue weighted by Crippen LogP contribution is 2.21. The van der Waals surface area contributed by atoms with Crippen molar-refractivity contribution in [2.45, 2.75) is 38.8 Å². The number of aliphatic carboxylic acids is 1. The van der Waals surface area contributed by atoms with Gasteiger partial charge >= 0.3 is 5.97 Å². The first-order chi connectivity index (χ1) is 9.63. The summed E-state index contributed by atoms with van der Waals surface area (Å²) in [6, 6.07) is -0.828. The molecule has 1 aliphatic rings. The molecule has 0 bridgehead atoms. The molecule has 0 aliphatic carbocycles. The maximum Gasteiger partial charge on any atom is 0.326 e. The molecule has 0 fully saturated rings. The number of H-pyrrole nitrogens is 1. The highest BCUT2D eigenvalue weighted by Gasteiger charge is 2.35. The fourth-order valence-electron chi connectivity index (χ4n) is 2.33. The van der Waals surface area contributed by atoms with E-state index < -0.39 is 12.0 Å². The number of imidazole rings is 1. The Kier molecular flexibility index (Phi) is 4.73. The maximum atomic E-state index is 12.2. The number of hydrogen-bond donors (Lipinski definition) is 2. The lowest BCUT2D eigenvalue weighted by Crippen LogP contribution is -2.48. The fourth-order valence-corrected chi connectivity index (χ4v) is 2.33. The van der Waals surface area contributed by atoms with Gasteiger partial charge in [0.15, 0.2) is 0 Å². The molecule has 1 amide bonds. The van der Waals surface area contributed by atoms with Crippen LogP contribution in [0, 0.1) is 0 Å². The second kappa shape index (κ2) is 6.51. The predicted molar refractivity (Wildman–Crippen MR) is 70.0 cm³/mol. The van der Waals surface area contributed by atoms with Crippen LogP contribution < -0.4 is 0 Å². The smallest absolute Gasteiger partial charge is 0.326 e. The van der Waals surface area contributed by atoms with Crippen LogP contribution in [0.2, 0.25) is 0 Å². The molecule has 0 aromatic carbocycles. The van der Waals surface area contributed by atoms with Crippen LogP contribution in [0.4, 0.5) is 0 Å². The van der Waals surface area contributed by atoms with Crippen LogP contribution in [0.3, 0.4) is 0 Å². The van der Waals surface area contributed by atoms with Crippen molar-refractivity contribution >= 4 is 11.9 Å². The van der Waals surface area contributed by atoms with E-state index in [2.05, 4.69) is 9.97 Å². The Labute approximate surface area is 116 Å². The summed E-state index contributed by atoms with van der Waals surface area (Å²) >= 11 is 0. The zero-order valence-electron chi connectivity index (χ0n) is 11.5. The summed E-state index contributed by atoms with van der Waals surface area (Å²) in [5, 5.41) is 9.27. The number of carbonyl (C=O) groups is 2. The molecule has 1 unspecified atom stereocenters. The average Bonchev–Trinajstić information content (AvgIpc) is 2.89. The number of hydrogen-bond acceptors (Lipinski definition) is 4. The van der Waals surface area contributed by atoms with Gasteiger partial charge < -0.3 is 19.7 Å². The normalized spacial score (nSPS) is 17.9. The van der Waals surface area contributed by atoms with Gasteiger partial charge in [0.25, 0.3) is 0 Å². The maximum absolute atomic E-state index is 12.2. The molecule has 110 valence electrons. The van der Waals surface area contributed by atoms with Crippen molar-refractivity contribution < 1.29 is 19.4 Å². The summed E-state index contributed by atoms with van der Waals surface area (Å²) in [6.45, 7) is 3.31. The minimum atomic E-state index is -0.989. The van der Waals surface area contributed by atoms with Crippen molar-refractivity contribution in [3.05, 3.63) is 17.7 Å². The molecular weight excluding hydrogens is 262 g/mol.